The largest absolute Gasteiger partial charge is 0.466 e. The number of rotatable bonds is 5. The Hall–Kier alpha value is -2.59. The maximum absolute atomic E-state index is 12.9. The molecule has 0 spiro atoms. The molecule has 0 bridgehead atoms. The summed E-state index contributed by atoms with van der Waals surface area (Å²) in [5.74, 6) is -1.12. The summed E-state index contributed by atoms with van der Waals surface area (Å²) in [7, 11) is 1.29. The van der Waals surface area contributed by atoms with Crippen molar-refractivity contribution in [2.75, 3.05) is 12.9 Å². The van der Waals surface area contributed by atoms with Crippen LogP contribution in [0.5, 0.6) is 0 Å². The number of thioether (sulfide) groups is 1. The van der Waals surface area contributed by atoms with Crippen LogP contribution < -0.4 is 16.0 Å². The third-order valence-electron chi connectivity index (χ3n) is 4.91. The van der Waals surface area contributed by atoms with Crippen molar-refractivity contribution >= 4 is 29.3 Å². The number of esters is 1. The molecule has 1 aromatic carbocycles. The average molecular weight is 406 g/mol. The van der Waals surface area contributed by atoms with Crippen LogP contribution in [0, 0.1) is 16.0 Å². The van der Waals surface area contributed by atoms with Gasteiger partial charge in [-0.2, -0.15) is 0 Å². The highest BCUT2D eigenvalue weighted by Crippen LogP contribution is 2.41. The van der Waals surface area contributed by atoms with Crippen molar-refractivity contribution in [3.05, 3.63) is 51.2 Å². The standard InChI is InChI=1S/C18H22N4O5S/c1-4-28-18-20-15-14(16(23)21-18)13(12(9(2)19-15)17(24)27-3)10-5-7-11(8-6-10)22(25)26/h5-8,13-15,18-20H,4H2,1-3H3,(H,21,23). The molecule has 9 nitrogen and oxygen atoms in total. The van der Waals surface area contributed by atoms with Crippen LogP contribution in [0.15, 0.2) is 35.5 Å². The van der Waals surface area contributed by atoms with E-state index in [-0.39, 0.29) is 23.3 Å². The summed E-state index contributed by atoms with van der Waals surface area (Å²) >= 11 is 1.56. The monoisotopic (exact) mass is 406 g/mol. The first kappa shape index (κ1) is 20.2. The van der Waals surface area contributed by atoms with Gasteiger partial charge in [0.2, 0.25) is 5.91 Å². The molecule has 3 N–H and O–H groups in total. The maximum atomic E-state index is 12.9. The Bertz CT molecular complexity index is 826. The molecule has 150 valence electrons. The fourth-order valence-electron chi connectivity index (χ4n) is 3.71. The van der Waals surface area contributed by atoms with Crippen LogP contribution in [0.1, 0.15) is 25.3 Å². The number of non-ortho nitro benzene ring substituents is 1. The molecule has 0 radical (unpaired) electrons. The molecule has 4 atom stereocenters. The van der Waals surface area contributed by atoms with Crippen molar-refractivity contribution in [2.24, 2.45) is 5.92 Å². The topological polar surface area (TPSA) is 123 Å². The summed E-state index contributed by atoms with van der Waals surface area (Å²) in [4.78, 5) is 35.9. The molecule has 2 heterocycles. The number of methoxy groups -OCH3 is 1. The smallest absolute Gasteiger partial charge is 0.336 e. The van der Waals surface area contributed by atoms with Gasteiger partial charge in [0.1, 0.15) is 5.50 Å². The van der Waals surface area contributed by atoms with Gasteiger partial charge in [0.25, 0.3) is 5.69 Å². The van der Waals surface area contributed by atoms with E-state index in [0.717, 1.165) is 5.75 Å². The highest BCUT2D eigenvalue weighted by Gasteiger charge is 2.48. The van der Waals surface area contributed by atoms with Gasteiger partial charge in [-0.15, -0.1) is 11.8 Å². The van der Waals surface area contributed by atoms with E-state index in [1.54, 1.807) is 30.8 Å². The van der Waals surface area contributed by atoms with Crippen LogP contribution in [0.2, 0.25) is 0 Å². The van der Waals surface area contributed by atoms with E-state index in [4.69, 9.17) is 4.74 Å². The second kappa shape index (κ2) is 8.19. The number of nitro benzene ring substituents is 1. The minimum absolute atomic E-state index is 0.0554. The molecule has 0 aromatic heterocycles. The van der Waals surface area contributed by atoms with E-state index in [1.807, 2.05) is 6.92 Å². The number of hydrogen-bond acceptors (Lipinski definition) is 8. The molecule has 1 fully saturated rings. The SMILES string of the molecule is CCSC1NC(=O)C2C(NC(C)=C(C(=O)OC)C2c2ccc([N+](=O)[O-])cc2)N1. The molecule has 1 saturated heterocycles. The normalized spacial score (nSPS) is 26.8. The quantitative estimate of drug-likeness (QED) is 0.381. The summed E-state index contributed by atoms with van der Waals surface area (Å²) in [5, 5.41) is 20.5. The summed E-state index contributed by atoms with van der Waals surface area (Å²) in [6.07, 6.45) is -0.383. The Morgan fingerprint density at radius 1 is 1.29 bits per heavy atom. The lowest BCUT2D eigenvalue weighted by Crippen LogP contribution is -2.67. The number of amides is 1. The lowest BCUT2D eigenvalue weighted by Gasteiger charge is -2.45. The molecular formula is C18H22N4O5S. The first-order valence-corrected chi connectivity index (χ1v) is 9.90. The molecule has 2 aliphatic rings. The van der Waals surface area contributed by atoms with Crippen molar-refractivity contribution in [1.29, 1.82) is 0 Å². The molecule has 0 saturated carbocycles. The maximum Gasteiger partial charge on any atom is 0.336 e. The predicted octanol–water partition coefficient (Wildman–Crippen LogP) is 1.43. The minimum Gasteiger partial charge on any atom is -0.466 e. The van der Waals surface area contributed by atoms with Crippen LogP contribution in [0.25, 0.3) is 0 Å². The van der Waals surface area contributed by atoms with E-state index in [0.29, 0.717) is 16.8 Å². The summed E-state index contributed by atoms with van der Waals surface area (Å²) < 4.78 is 4.95. The van der Waals surface area contributed by atoms with E-state index >= 15 is 0 Å². The second-order valence-corrected chi connectivity index (χ2v) is 7.90. The first-order valence-electron chi connectivity index (χ1n) is 8.85. The molecule has 10 heteroatoms. The molecular weight excluding hydrogens is 384 g/mol. The van der Waals surface area contributed by atoms with Gasteiger partial charge in [0, 0.05) is 23.7 Å². The highest BCUT2D eigenvalue weighted by molar-refractivity contribution is 7.99. The summed E-state index contributed by atoms with van der Waals surface area (Å²) in [6, 6.07) is 5.92. The molecule has 2 aliphatic heterocycles. The van der Waals surface area contributed by atoms with Crippen molar-refractivity contribution in [2.45, 2.75) is 31.4 Å². The van der Waals surface area contributed by atoms with Gasteiger partial charge in [0.15, 0.2) is 0 Å². The number of nitrogens with one attached hydrogen (secondary N) is 3. The van der Waals surface area contributed by atoms with Crippen LogP contribution in [-0.2, 0) is 14.3 Å². The zero-order valence-corrected chi connectivity index (χ0v) is 16.5. The Morgan fingerprint density at radius 2 is 1.96 bits per heavy atom. The summed E-state index contributed by atoms with van der Waals surface area (Å²) in [5.41, 5.74) is 1.30. The van der Waals surface area contributed by atoms with Gasteiger partial charge in [0.05, 0.1) is 29.7 Å². The number of carbonyl (C=O) groups excluding carboxylic acids is 2. The number of fused-ring (bicyclic) bond motifs is 1. The Morgan fingerprint density at radius 3 is 2.54 bits per heavy atom. The first-order chi connectivity index (χ1) is 13.4. The second-order valence-electron chi connectivity index (χ2n) is 6.51. The van der Waals surface area contributed by atoms with Crippen LogP contribution >= 0.6 is 11.8 Å². The van der Waals surface area contributed by atoms with Crippen LogP contribution in [-0.4, -0.2) is 41.3 Å². The lowest BCUT2D eigenvalue weighted by molar-refractivity contribution is -0.384. The number of ether oxygens (including phenoxy) is 1. The van der Waals surface area contributed by atoms with Gasteiger partial charge in [-0.25, -0.2) is 4.79 Å². The minimum atomic E-state index is -0.618. The molecule has 28 heavy (non-hydrogen) atoms. The van der Waals surface area contributed by atoms with Gasteiger partial charge in [-0.1, -0.05) is 19.1 Å². The van der Waals surface area contributed by atoms with Crippen molar-refractivity contribution < 1.29 is 19.2 Å². The number of hydrogen-bond donors (Lipinski definition) is 3. The summed E-state index contributed by atoms with van der Waals surface area (Å²) in [6.45, 7) is 3.76. The Balaban J connectivity index is 2.06. The van der Waals surface area contributed by atoms with Gasteiger partial charge in [-0.3, -0.25) is 20.2 Å². The Kier molecular flexibility index (Phi) is 5.90. The molecule has 3 rings (SSSR count). The number of nitrogens with zero attached hydrogens (tertiary/aromatic N) is 1. The van der Waals surface area contributed by atoms with Crippen molar-refractivity contribution in [3.63, 3.8) is 0 Å². The van der Waals surface area contributed by atoms with Crippen molar-refractivity contribution in [1.82, 2.24) is 16.0 Å². The zero-order chi connectivity index (χ0) is 20.4. The third-order valence-corrected chi connectivity index (χ3v) is 5.83. The van der Waals surface area contributed by atoms with E-state index < -0.39 is 22.7 Å². The van der Waals surface area contributed by atoms with Gasteiger partial charge < -0.3 is 15.4 Å². The van der Waals surface area contributed by atoms with E-state index in [2.05, 4.69) is 16.0 Å². The fourth-order valence-corrected chi connectivity index (χ4v) is 4.48. The van der Waals surface area contributed by atoms with E-state index in [1.165, 1.54) is 19.2 Å². The van der Waals surface area contributed by atoms with Crippen LogP contribution in [0.4, 0.5) is 5.69 Å². The van der Waals surface area contributed by atoms with Crippen LogP contribution in [0.3, 0.4) is 0 Å². The third kappa shape index (κ3) is 3.69. The molecule has 1 aromatic rings. The zero-order valence-electron chi connectivity index (χ0n) is 15.7. The number of carbonyl (C=O) groups is 2. The predicted molar refractivity (Wildman–Crippen MR) is 104 cm³/mol. The lowest BCUT2D eigenvalue weighted by atomic mass is 9.74. The number of nitro groups is 1. The fraction of sp³-hybridized carbons (Fsp3) is 0.444. The Labute approximate surface area is 166 Å². The van der Waals surface area contributed by atoms with Gasteiger partial charge in [-0.05, 0) is 18.2 Å². The van der Waals surface area contributed by atoms with Crippen molar-refractivity contribution in [3.8, 4) is 0 Å². The van der Waals surface area contributed by atoms with Gasteiger partial charge >= 0.3 is 5.97 Å². The molecule has 0 aliphatic carbocycles. The average Bonchev–Trinajstić information content (AvgIpc) is 2.66. The van der Waals surface area contributed by atoms with E-state index in [9.17, 15) is 19.7 Å². The molecule has 1 amide bonds. The highest BCUT2D eigenvalue weighted by atomic mass is 32.2. The number of allylic oxidation sites excluding steroid dienone is 1. The molecule has 4 unspecified atom stereocenters. The number of benzene rings is 1.